The maximum atomic E-state index is 12.1. The van der Waals surface area contributed by atoms with Crippen LogP contribution in [0.25, 0.3) is 0 Å². The van der Waals surface area contributed by atoms with Crippen molar-refractivity contribution in [1.82, 2.24) is 5.32 Å². The Morgan fingerprint density at radius 1 is 0.657 bits per heavy atom. The molecule has 35 heavy (non-hydrogen) atoms. The molecule has 0 saturated heterocycles. The Morgan fingerprint density at radius 2 is 1.11 bits per heavy atom. The predicted molar refractivity (Wildman–Crippen MR) is 152 cm³/mol. The van der Waals surface area contributed by atoms with E-state index in [9.17, 15) is 15.0 Å². The van der Waals surface area contributed by atoms with Crippen LogP contribution in [0.15, 0.2) is 24.3 Å². The maximum Gasteiger partial charge on any atom is 0.220 e. The van der Waals surface area contributed by atoms with Gasteiger partial charge < -0.3 is 15.5 Å². The molecule has 0 radical (unpaired) electrons. The number of hydrogen-bond donors (Lipinski definition) is 3. The zero-order valence-corrected chi connectivity index (χ0v) is 23.3. The van der Waals surface area contributed by atoms with Gasteiger partial charge >= 0.3 is 0 Å². The average Bonchev–Trinajstić information content (AvgIpc) is 2.86. The number of carbonyl (C=O) groups is 1. The van der Waals surface area contributed by atoms with Crippen LogP contribution in [0.5, 0.6) is 0 Å². The molecule has 0 heterocycles. The van der Waals surface area contributed by atoms with Crippen LogP contribution in [-0.4, -0.2) is 34.9 Å². The molecule has 0 spiro atoms. The molecule has 0 fully saturated rings. The monoisotopic (exact) mass is 493 g/mol. The van der Waals surface area contributed by atoms with Gasteiger partial charge in [-0.15, -0.1) is 0 Å². The van der Waals surface area contributed by atoms with Crippen molar-refractivity contribution in [3.8, 4) is 0 Å². The number of hydrogen-bond acceptors (Lipinski definition) is 3. The van der Waals surface area contributed by atoms with Gasteiger partial charge in [0.25, 0.3) is 0 Å². The van der Waals surface area contributed by atoms with Crippen molar-refractivity contribution >= 4 is 5.91 Å². The Hall–Kier alpha value is -1.13. The van der Waals surface area contributed by atoms with Crippen molar-refractivity contribution < 1.29 is 15.0 Å². The Balaban J connectivity index is 3.68. The number of aliphatic hydroxyl groups is 2. The lowest BCUT2D eigenvalue weighted by atomic mass is 10.1. The third-order valence-electron chi connectivity index (χ3n) is 6.69. The van der Waals surface area contributed by atoms with E-state index in [0.717, 1.165) is 32.1 Å². The summed E-state index contributed by atoms with van der Waals surface area (Å²) in [6.07, 6.45) is 32.7. The molecule has 2 atom stereocenters. The fourth-order valence-corrected chi connectivity index (χ4v) is 4.31. The molecular formula is C31H59NO3. The summed E-state index contributed by atoms with van der Waals surface area (Å²) >= 11 is 0. The van der Waals surface area contributed by atoms with Crippen molar-refractivity contribution in [2.75, 3.05) is 6.61 Å². The minimum Gasteiger partial charge on any atom is -0.394 e. The Bertz CT molecular complexity index is 503. The zero-order chi connectivity index (χ0) is 25.8. The molecule has 206 valence electrons. The number of unbranched alkanes of at least 4 members (excludes halogenated alkanes) is 17. The highest BCUT2D eigenvalue weighted by molar-refractivity contribution is 5.76. The number of aliphatic hydroxyl groups excluding tert-OH is 2. The highest BCUT2D eigenvalue weighted by Crippen LogP contribution is 2.12. The molecule has 0 aliphatic carbocycles. The summed E-state index contributed by atoms with van der Waals surface area (Å²) in [5, 5.41) is 22.6. The molecule has 1 amide bonds. The Morgan fingerprint density at radius 3 is 1.66 bits per heavy atom. The smallest absolute Gasteiger partial charge is 0.220 e. The lowest BCUT2D eigenvalue weighted by molar-refractivity contribution is -0.123. The average molecular weight is 494 g/mol. The number of carbonyl (C=O) groups excluding carboxylic acids is 1. The van der Waals surface area contributed by atoms with Crippen LogP contribution < -0.4 is 5.32 Å². The predicted octanol–water partition coefficient (Wildman–Crippen LogP) is 8.17. The summed E-state index contributed by atoms with van der Waals surface area (Å²) in [7, 11) is 0. The van der Waals surface area contributed by atoms with Crippen molar-refractivity contribution in [3.05, 3.63) is 24.3 Å². The molecule has 0 aromatic rings. The van der Waals surface area contributed by atoms with Gasteiger partial charge in [-0.3, -0.25) is 4.79 Å². The van der Waals surface area contributed by atoms with Crippen LogP contribution in [0, 0.1) is 0 Å². The molecule has 0 aliphatic rings. The molecular weight excluding hydrogens is 434 g/mol. The first-order valence-electron chi connectivity index (χ1n) is 15.1. The summed E-state index contributed by atoms with van der Waals surface area (Å²) < 4.78 is 0. The van der Waals surface area contributed by atoms with E-state index in [4.69, 9.17) is 0 Å². The summed E-state index contributed by atoms with van der Waals surface area (Å²) in [6, 6.07) is -0.629. The van der Waals surface area contributed by atoms with Gasteiger partial charge in [0.1, 0.15) is 0 Å². The molecule has 0 bridgehead atoms. The maximum absolute atomic E-state index is 12.1. The van der Waals surface area contributed by atoms with Gasteiger partial charge in [-0.05, 0) is 32.1 Å². The van der Waals surface area contributed by atoms with E-state index < -0.39 is 12.1 Å². The second kappa shape index (κ2) is 27.5. The minimum absolute atomic E-state index is 0.0858. The van der Waals surface area contributed by atoms with Crippen LogP contribution >= 0.6 is 0 Å². The molecule has 0 aliphatic heterocycles. The molecule has 0 rings (SSSR count). The molecule has 4 nitrogen and oxygen atoms in total. The van der Waals surface area contributed by atoms with Gasteiger partial charge in [0, 0.05) is 6.42 Å². The standard InChI is InChI=1S/C31H59NO3/c1-3-5-7-9-11-12-13-14-15-16-17-18-19-20-21-22-24-26-30(34)29(28-33)32-31(35)27-25-23-10-8-6-4-2/h19-20,24,26,29-30,33-34H,3-18,21-23,25,27-28H2,1-2H3,(H,32,35)/b20-19+,26-24+. The minimum atomic E-state index is -0.853. The van der Waals surface area contributed by atoms with E-state index in [-0.39, 0.29) is 12.5 Å². The highest BCUT2D eigenvalue weighted by Gasteiger charge is 2.17. The molecule has 2 unspecified atom stereocenters. The molecule has 0 aromatic carbocycles. The van der Waals surface area contributed by atoms with Gasteiger partial charge in [0.2, 0.25) is 5.91 Å². The summed E-state index contributed by atoms with van der Waals surface area (Å²) in [4.78, 5) is 12.1. The lowest BCUT2D eigenvalue weighted by Crippen LogP contribution is -2.45. The number of amides is 1. The van der Waals surface area contributed by atoms with Crippen molar-refractivity contribution in [2.24, 2.45) is 0 Å². The first kappa shape index (κ1) is 33.9. The first-order chi connectivity index (χ1) is 17.2. The van der Waals surface area contributed by atoms with Gasteiger partial charge in [-0.2, -0.15) is 0 Å². The van der Waals surface area contributed by atoms with Gasteiger partial charge in [0.15, 0.2) is 0 Å². The van der Waals surface area contributed by atoms with E-state index in [1.807, 2.05) is 6.08 Å². The molecule has 0 saturated carbocycles. The normalized spacial score (nSPS) is 13.6. The van der Waals surface area contributed by atoms with E-state index in [1.165, 1.54) is 96.3 Å². The zero-order valence-electron chi connectivity index (χ0n) is 23.3. The molecule has 4 heteroatoms. The van der Waals surface area contributed by atoms with Crippen LogP contribution in [-0.2, 0) is 4.79 Å². The highest BCUT2D eigenvalue weighted by atomic mass is 16.3. The summed E-state index contributed by atoms with van der Waals surface area (Å²) in [5.41, 5.74) is 0. The van der Waals surface area contributed by atoms with Crippen molar-refractivity contribution in [2.45, 2.75) is 161 Å². The van der Waals surface area contributed by atoms with E-state index >= 15 is 0 Å². The van der Waals surface area contributed by atoms with Crippen LogP contribution in [0.2, 0.25) is 0 Å². The number of nitrogens with one attached hydrogen (secondary N) is 1. The second-order valence-corrected chi connectivity index (χ2v) is 10.2. The number of rotatable bonds is 26. The van der Waals surface area contributed by atoms with Crippen LogP contribution in [0.4, 0.5) is 0 Å². The van der Waals surface area contributed by atoms with E-state index in [1.54, 1.807) is 6.08 Å². The third kappa shape index (κ3) is 24.3. The quantitative estimate of drug-likeness (QED) is 0.0840. The van der Waals surface area contributed by atoms with Gasteiger partial charge in [-0.25, -0.2) is 0 Å². The van der Waals surface area contributed by atoms with Crippen molar-refractivity contribution in [3.63, 3.8) is 0 Å². The Kier molecular flexibility index (Phi) is 26.6. The number of allylic oxidation sites excluding steroid dienone is 3. The topological polar surface area (TPSA) is 69.6 Å². The van der Waals surface area contributed by atoms with Gasteiger partial charge in [-0.1, -0.05) is 134 Å². The largest absolute Gasteiger partial charge is 0.394 e. The fourth-order valence-electron chi connectivity index (χ4n) is 4.31. The van der Waals surface area contributed by atoms with E-state index in [0.29, 0.717) is 6.42 Å². The fraction of sp³-hybridized carbons (Fsp3) is 0.839. The van der Waals surface area contributed by atoms with Gasteiger partial charge in [0.05, 0.1) is 18.8 Å². The summed E-state index contributed by atoms with van der Waals surface area (Å²) in [6.45, 7) is 4.21. The molecule has 3 N–H and O–H groups in total. The molecule has 0 aromatic heterocycles. The Labute approximate surface area is 218 Å². The SMILES string of the molecule is CCCCCCCCCCCCC/C=C/CC/C=C/C(O)C(CO)NC(=O)CCCCCCCC. The third-order valence-corrected chi connectivity index (χ3v) is 6.69. The van der Waals surface area contributed by atoms with Crippen LogP contribution in [0.3, 0.4) is 0 Å². The van der Waals surface area contributed by atoms with Crippen LogP contribution in [0.1, 0.15) is 149 Å². The lowest BCUT2D eigenvalue weighted by Gasteiger charge is -2.19. The first-order valence-corrected chi connectivity index (χ1v) is 15.1. The van der Waals surface area contributed by atoms with E-state index in [2.05, 4.69) is 31.3 Å². The summed E-state index contributed by atoms with van der Waals surface area (Å²) in [5.74, 6) is -0.0858. The second-order valence-electron chi connectivity index (χ2n) is 10.2. The van der Waals surface area contributed by atoms with Crippen molar-refractivity contribution in [1.29, 1.82) is 0 Å².